The van der Waals surface area contributed by atoms with Crippen LogP contribution in [0, 0.1) is 5.92 Å². The maximum Gasteiger partial charge on any atom is 0.240 e. The fraction of sp³-hybridized carbons (Fsp3) is 0.619. The van der Waals surface area contributed by atoms with Crippen molar-refractivity contribution in [2.45, 2.75) is 62.0 Å². The van der Waals surface area contributed by atoms with Crippen molar-refractivity contribution in [1.82, 2.24) is 9.62 Å². The van der Waals surface area contributed by atoms with Crippen molar-refractivity contribution in [2.75, 3.05) is 25.0 Å². The van der Waals surface area contributed by atoms with Gasteiger partial charge in [0.15, 0.2) is 0 Å². The number of ether oxygens (including phenoxy) is 1. The van der Waals surface area contributed by atoms with Crippen molar-refractivity contribution in [3.05, 3.63) is 24.3 Å². The molecule has 8 nitrogen and oxygen atoms in total. The van der Waals surface area contributed by atoms with E-state index in [4.69, 9.17) is 4.74 Å². The molecule has 2 unspecified atom stereocenters. The molecule has 2 heterocycles. The number of carbonyl (C=O) groups is 2. The molecule has 2 aliphatic heterocycles. The Morgan fingerprint density at radius 1 is 1.10 bits per heavy atom. The van der Waals surface area contributed by atoms with Crippen molar-refractivity contribution in [1.29, 1.82) is 0 Å². The molecule has 0 spiro atoms. The molecule has 164 valence electrons. The van der Waals surface area contributed by atoms with Crippen LogP contribution in [0.25, 0.3) is 0 Å². The fourth-order valence-corrected chi connectivity index (χ4v) is 5.60. The van der Waals surface area contributed by atoms with E-state index in [2.05, 4.69) is 10.0 Å². The molecule has 1 aromatic carbocycles. The first kappa shape index (κ1) is 21.3. The maximum atomic E-state index is 12.6. The number of rotatable bonds is 7. The van der Waals surface area contributed by atoms with Gasteiger partial charge in [-0.2, -0.15) is 0 Å². The van der Waals surface area contributed by atoms with Gasteiger partial charge in [0.2, 0.25) is 21.8 Å². The quantitative estimate of drug-likeness (QED) is 0.680. The lowest BCUT2D eigenvalue weighted by Gasteiger charge is -2.23. The molecule has 2 saturated heterocycles. The van der Waals surface area contributed by atoms with Crippen LogP contribution >= 0.6 is 0 Å². The van der Waals surface area contributed by atoms with Crippen molar-refractivity contribution >= 4 is 27.5 Å². The van der Waals surface area contributed by atoms with Gasteiger partial charge in [-0.3, -0.25) is 9.59 Å². The first-order valence-corrected chi connectivity index (χ1v) is 12.2. The molecular weight excluding hydrogens is 406 g/mol. The topological polar surface area (TPSA) is 105 Å². The highest BCUT2D eigenvalue weighted by Crippen LogP contribution is 2.30. The van der Waals surface area contributed by atoms with Crippen LogP contribution in [0.3, 0.4) is 0 Å². The second-order valence-corrected chi connectivity index (χ2v) is 10.2. The van der Waals surface area contributed by atoms with E-state index in [0.717, 1.165) is 38.5 Å². The van der Waals surface area contributed by atoms with Gasteiger partial charge in [0.25, 0.3) is 0 Å². The molecule has 2 N–H and O–H groups in total. The Bertz CT molecular complexity index is 874. The normalized spacial score (nSPS) is 25.2. The zero-order chi connectivity index (χ0) is 21.1. The minimum absolute atomic E-state index is 0.0563. The van der Waals surface area contributed by atoms with Crippen molar-refractivity contribution < 1.29 is 22.7 Å². The summed E-state index contributed by atoms with van der Waals surface area (Å²) in [7, 11) is -3.63. The number of benzene rings is 1. The van der Waals surface area contributed by atoms with Gasteiger partial charge in [-0.15, -0.1) is 0 Å². The molecule has 4 rings (SSSR count). The Balaban J connectivity index is 1.31. The van der Waals surface area contributed by atoms with Crippen molar-refractivity contribution in [3.63, 3.8) is 0 Å². The highest BCUT2D eigenvalue weighted by molar-refractivity contribution is 7.89. The summed E-state index contributed by atoms with van der Waals surface area (Å²) in [5.74, 6) is -0.508. The average molecular weight is 436 g/mol. The van der Waals surface area contributed by atoms with Crippen LogP contribution in [0.2, 0.25) is 0 Å². The monoisotopic (exact) mass is 435 g/mol. The van der Waals surface area contributed by atoms with Crippen LogP contribution in [0.15, 0.2) is 29.2 Å². The molecule has 30 heavy (non-hydrogen) atoms. The Morgan fingerprint density at radius 3 is 2.50 bits per heavy atom. The van der Waals surface area contributed by atoms with Gasteiger partial charge < -0.3 is 15.0 Å². The second-order valence-electron chi connectivity index (χ2n) is 8.39. The SMILES string of the molecule is O=C(Nc1ccc(S(=O)(=O)NCC2CCCO2)cc1)C1CC(=O)N(C2CCCC2)C1. The smallest absolute Gasteiger partial charge is 0.240 e. The van der Waals surface area contributed by atoms with Crippen molar-refractivity contribution in [3.8, 4) is 0 Å². The molecule has 0 aromatic heterocycles. The van der Waals surface area contributed by atoms with Crippen LogP contribution in [0.5, 0.6) is 0 Å². The fourth-order valence-electron chi connectivity index (χ4n) is 4.53. The van der Waals surface area contributed by atoms with Crippen LogP contribution in [0.4, 0.5) is 5.69 Å². The maximum absolute atomic E-state index is 12.6. The standard InChI is InChI=1S/C21H29N3O5S/c25-20-12-15(14-24(20)17-4-1-2-5-17)21(26)23-16-7-9-19(10-8-16)30(27,28)22-13-18-6-3-11-29-18/h7-10,15,17-18,22H,1-6,11-14H2,(H,23,26). The number of anilines is 1. The molecule has 2 amide bonds. The van der Waals surface area contributed by atoms with Crippen molar-refractivity contribution in [2.24, 2.45) is 5.92 Å². The van der Waals surface area contributed by atoms with Gasteiger partial charge in [0.05, 0.1) is 16.9 Å². The number of hydrogen-bond donors (Lipinski definition) is 2. The third-order valence-corrected chi connectivity index (χ3v) is 7.69. The van der Waals surface area contributed by atoms with E-state index in [1.807, 2.05) is 4.90 Å². The molecule has 1 aliphatic carbocycles. The first-order valence-electron chi connectivity index (χ1n) is 10.7. The van der Waals surface area contributed by atoms with E-state index in [-0.39, 0.29) is 47.7 Å². The van der Waals surface area contributed by atoms with Gasteiger partial charge in [0.1, 0.15) is 0 Å². The molecule has 9 heteroatoms. The molecule has 0 bridgehead atoms. The Labute approximate surface area is 177 Å². The molecule has 1 saturated carbocycles. The predicted molar refractivity (Wildman–Crippen MR) is 111 cm³/mol. The zero-order valence-electron chi connectivity index (χ0n) is 17.0. The summed E-state index contributed by atoms with van der Waals surface area (Å²) in [4.78, 5) is 26.9. The van der Waals surface area contributed by atoms with E-state index in [1.54, 1.807) is 12.1 Å². The molecule has 2 atom stereocenters. The van der Waals surface area contributed by atoms with Gasteiger partial charge >= 0.3 is 0 Å². The van der Waals surface area contributed by atoms with E-state index >= 15 is 0 Å². The highest BCUT2D eigenvalue weighted by atomic mass is 32.2. The molecular formula is C21H29N3O5S. The number of likely N-dealkylation sites (tertiary alicyclic amines) is 1. The molecule has 3 fully saturated rings. The number of sulfonamides is 1. The predicted octanol–water partition coefficient (Wildman–Crippen LogP) is 1.87. The van der Waals surface area contributed by atoms with Gasteiger partial charge in [-0.05, 0) is 49.9 Å². The Kier molecular flexibility index (Phi) is 6.40. The number of carbonyl (C=O) groups excluding carboxylic acids is 2. The largest absolute Gasteiger partial charge is 0.377 e. The summed E-state index contributed by atoms with van der Waals surface area (Å²) in [6, 6.07) is 6.37. The zero-order valence-corrected chi connectivity index (χ0v) is 17.8. The van der Waals surface area contributed by atoms with Crippen LogP contribution in [-0.2, 0) is 24.3 Å². The summed E-state index contributed by atoms with van der Waals surface area (Å²) in [6.07, 6.45) is 6.31. The third-order valence-electron chi connectivity index (χ3n) is 6.25. The minimum Gasteiger partial charge on any atom is -0.377 e. The second kappa shape index (κ2) is 9.03. The first-order chi connectivity index (χ1) is 14.4. The van der Waals surface area contributed by atoms with Crippen LogP contribution < -0.4 is 10.0 Å². The lowest BCUT2D eigenvalue weighted by atomic mass is 10.1. The van der Waals surface area contributed by atoms with Gasteiger partial charge in [0, 0.05) is 37.8 Å². The average Bonchev–Trinajstić information content (AvgIpc) is 3.48. The van der Waals surface area contributed by atoms with E-state index in [0.29, 0.717) is 18.8 Å². The summed E-state index contributed by atoms with van der Waals surface area (Å²) < 4.78 is 32.9. The molecule has 1 aromatic rings. The van der Waals surface area contributed by atoms with E-state index < -0.39 is 10.0 Å². The summed E-state index contributed by atoms with van der Waals surface area (Å²) >= 11 is 0. The number of hydrogen-bond acceptors (Lipinski definition) is 5. The Morgan fingerprint density at radius 2 is 1.83 bits per heavy atom. The summed E-state index contributed by atoms with van der Waals surface area (Å²) in [6.45, 7) is 1.40. The van der Waals surface area contributed by atoms with Gasteiger partial charge in [-0.25, -0.2) is 13.1 Å². The van der Waals surface area contributed by atoms with Crippen LogP contribution in [0.1, 0.15) is 44.9 Å². The Hall–Kier alpha value is -1.97. The third kappa shape index (κ3) is 4.84. The number of nitrogens with zero attached hydrogens (tertiary/aromatic N) is 1. The summed E-state index contributed by atoms with van der Waals surface area (Å²) in [5.41, 5.74) is 0.518. The summed E-state index contributed by atoms with van der Waals surface area (Å²) in [5, 5.41) is 2.82. The lowest BCUT2D eigenvalue weighted by Crippen LogP contribution is -2.35. The lowest BCUT2D eigenvalue weighted by molar-refractivity contribution is -0.129. The van der Waals surface area contributed by atoms with E-state index in [1.165, 1.54) is 12.1 Å². The molecule has 0 radical (unpaired) electrons. The minimum atomic E-state index is -3.63. The van der Waals surface area contributed by atoms with E-state index in [9.17, 15) is 18.0 Å². The van der Waals surface area contributed by atoms with Crippen LogP contribution in [-0.4, -0.2) is 57.0 Å². The van der Waals surface area contributed by atoms with Gasteiger partial charge in [-0.1, -0.05) is 12.8 Å². The number of amides is 2. The highest BCUT2D eigenvalue weighted by Gasteiger charge is 2.38. The number of nitrogens with one attached hydrogen (secondary N) is 2. The molecule has 3 aliphatic rings.